The molecule has 2 rings (SSSR count). The van der Waals surface area contributed by atoms with Gasteiger partial charge >= 0.3 is 0 Å². The lowest BCUT2D eigenvalue weighted by molar-refractivity contribution is 0.612. The Morgan fingerprint density at radius 1 is 1.00 bits per heavy atom. The normalized spacial score (nSPS) is 18.1. The van der Waals surface area contributed by atoms with Crippen molar-refractivity contribution in [2.75, 3.05) is 4.90 Å². The topological polar surface area (TPSA) is 37.4 Å². The first-order valence-corrected chi connectivity index (χ1v) is 6.62. The highest BCUT2D eigenvalue weighted by Crippen LogP contribution is 2.21. The van der Waals surface area contributed by atoms with Gasteiger partial charge in [-0.25, -0.2) is 8.42 Å². The third-order valence-corrected chi connectivity index (χ3v) is 3.48. The summed E-state index contributed by atoms with van der Waals surface area (Å²) in [5.41, 5.74) is 0.917. The molecule has 1 aliphatic rings. The monoisotopic (exact) mass is 285 g/mol. The SMILES string of the molecule is O=S1(=O)C=CN(c2ccc(Br)cc2)C=C1. The van der Waals surface area contributed by atoms with Gasteiger partial charge in [0.2, 0.25) is 0 Å². The molecule has 3 nitrogen and oxygen atoms in total. The Kier molecular flexibility index (Phi) is 2.67. The van der Waals surface area contributed by atoms with Crippen LogP contribution in [0.4, 0.5) is 5.69 Å². The summed E-state index contributed by atoms with van der Waals surface area (Å²) in [6.07, 6.45) is 3.05. The molecule has 78 valence electrons. The van der Waals surface area contributed by atoms with E-state index in [-0.39, 0.29) is 0 Å². The molecule has 0 bridgehead atoms. The summed E-state index contributed by atoms with van der Waals surface area (Å²) in [5, 5.41) is 2.35. The Morgan fingerprint density at radius 2 is 1.53 bits per heavy atom. The van der Waals surface area contributed by atoms with E-state index in [1.54, 1.807) is 4.90 Å². The summed E-state index contributed by atoms with van der Waals surface area (Å²) in [6.45, 7) is 0. The van der Waals surface area contributed by atoms with Crippen molar-refractivity contribution in [3.8, 4) is 0 Å². The summed E-state index contributed by atoms with van der Waals surface area (Å²) in [4.78, 5) is 1.74. The highest BCUT2D eigenvalue weighted by Gasteiger charge is 2.09. The van der Waals surface area contributed by atoms with Gasteiger partial charge in [0.1, 0.15) is 0 Å². The van der Waals surface area contributed by atoms with Gasteiger partial charge in [0.15, 0.2) is 9.84 Å². The molecule has 1 aromatic carbocycles. The lowest BCUT2D eigenvalue weighted by atomic mass is 10.3. The molecule has 0 radical (unpaired) electrons. The van der Waals surface area contributed by atoms with Gasteiger partial charge in [-0.2, -0.15) is 0 Å². The molecule has 0 spiro atoms. The number of hydrogen-bond acceptors (Lipinski definition) is 3. The van der Waals surface area contributed by atoms with Crippen molar-refractivity contribution in [1.82, 2.24) is 0 Å². The predicted molar refractivity (Wildman–Crippen MR) is 63.8 cm³/mol. The maximum absolute atomic E-state index is 11.1. The van der Waals surface area contributed by atoms with Crippen molar-refractivity contribution in [2.45, 2.75) is 0 Å². The van der Waals surface area contributed by atoms with Gasteiger partial charge in [-0.15, -0.1) is 0 Å². The average molecular weight is 286 g/mol. The lowest BCUT2D eigenvalue weighted by Gasteiger charge is -2.17. The molecule has 0 fully saturated rings. The zero-order valence-corrected chi connectivity index (χ0v) is 10.1. The summed E-state index contributed by atoms with van der Waals surface area (Å²) in [5.74, 6) is 0. The lowest BCUT2D eigenvalue weighted by Crippen LogP contribution is -2.12. The second-order valence-electron chi connectivity index (χ2n) is 3.04. The van der Waals surface area contributed by atoms with Crippen molar-refractivity contribution in [2.24, 2.45) is 0 Å². The van der Waals surface area contributed by atoms with Gasteiger partial charge in [-0.3, -0.25) is 0 Å². The van der Waals surface area contributed by atoms with Crippen LogP contribution in [0.2, 0.25) is 0 Å². The summed E-state index contributed by atoms with van der Waals surface area (Å²) < 4.78 is 23.1. The van der Waals surface area contributed by atoms with Gasteiger partial charge in [0.05, 0.1) is 10.8 Å². The van der Waals surface area contributed by atoms with E-state index in [1.165, 1.54) is 23.2 Å². The molecule has 0 N–H and O–H groups in total. The van der Waals surface area contributed by atoms with Crippen LogP contribution in [0.1, 0.15) is 0 Å². The van der Waals surface area contributed by atoms with Crippen molar-refractivity contribution in [3.63, 3.8) is 0 Å². The predicted octanol–water partition coefficient (Wildman–Crippen LogP) is 2.63. The van der Waals surface area contributed by atoms with Gasteiger partial charge < -0.3 is 4.90 Å². The molecular weight excluding hydrogens is 278 g/mol. The van der Waals surface area contributed by atoms with Crippen LogP contribution in [0.3, 0.4) is 0 Å². The molecule has 0 saturated heterocycles. The van der Waals surface area contributed by atoms with E-state index in [9.17, 15) is 8.42 Å². The molecule has 0 saturated carbocycles. The molecule has 1 heterocycles. The van der Waals surface area contributed by atoms with Crippen molar-refractivity contribution < 1.29 is 8.42 Å². The first-order valence-electron chi connectivity index (χ1n) is 4.22. The zero-order chi connectivity index (χ0) is 10.9. The minimum Gasteiger partial charge on any atom is -0.322 e. The van der Waals surface area contributed by atoms with E-state index >= 15 is 0 Å². The zero-order valence-electron chi connectivity index (χ0n) is 7.67. The molecule has 0 aliphatic carbocycles. The fourth-order valence-corrected chi connectivity index (χ4v) is 2.14. The number of rotatable bonds is 1. The second kappa shape index (κ2) is 3.83. The molecule has 1 aliphatic heterocycles. The van der Waals surface area contributed by atoms with Crippen molar-refractivity contribution in [1.29, 1.82) is 0 Å². The molecule has 15 heavy (non-hydrogen) atoms. The van der Waals surface area contributed by atoms with Gasteiger partial charge in [0, 0.05) is 22.6 Å². The Morgan fingerprint density at radius 3 is 2.07 bits per heavy atom. The standard InChI is InChI=1S/C10H8BrNO2S/c11-9-1-3-10(4-2-9)12-5-7-15(13,14)8-6-12/h1-8H. The van der Waals surface area contributed by atoms with Crippen LogP contribution in [0.15, 0.2) is 52.0 Å². The maximum atomic E-state index is 11.1. The Bertz CT molecular complexity index is 497. The molecule has 0 atom stereocenters. The largest absolute Gasteiger partial charge is 0.322 e. The number of hydrogen-bond donors (Lipinski definition) is 0. The molecule has 0 amide bonds. The van der Waals surface area contributed by atoms with Crippen LogP contribution in [-0.4, -0.2) is 8.42 Å². The van der Waals surface area contributed by atoms with E-state index in [1.807, 2.05) is 24.3 Å². The third kappa shape index (κ3) is 2.49. The Labute approximate surface area is 96.8 Å². The first kappa shape index (κ1) is 10.4. The molecule has 1 aromatic rings. The highest BCUT2D eigenvalue weighted by atomic mass is 79.9. The smallest absolute Gasteiger partial charge is 0.195 e. The summed E-state index contributed by atoms with van der Waals surface area (Å²) >= 11 is 3.34. The number of nitrogens with zero attached hydrogens (tertiary/aromatic N) is 1. The number of anilines is 1. The van der Waals surface area contributed by atoms with E-state index < -0.39 is 9.84 Å². The summed E-state index contributed by atoms with van der Waals surface area (Å²) in [6, 6.07) is 7.60. The molecular formula is C10H8BrNO2S. The van der Waals surface area contributed by atoms with E-state index in [2.05, 4.69) is 15.9 Å². The Hall–Kier alpha value is -1.07. The number of benzene rings is 1. The van der Waals surface area contributed by atoms with Crippen LogP contribution in [-0.2, 0) is 9.84 Å². The molecule has 5 heteroatoms. The highest BCUT2D eigenvalue weighted by molar-refractivity contribution is 9.10. The van der Waals surface area contributed by atoms with E-state index in [0.29, 0.717) is 0 Å². The van der Waals surface area contributed by atoms with Crippen LogP contribution in [0.25, 0.3) is 0 Å². The van der Waals surface area contributed by atoms with Crippen molar-refractivity contribution in [3.05, 3.63) is 52.0 Å². The fourth-order valence-electron chi connectivity index (χ4n) is 1.18. The van der Waals surface area contributed by atoms with Crippen LogP contribution in [0, 0.1) is 0 Å². The van der Waals surface area contributed by atoms with Crippen LogP contribution in [0.5, 0.6) is 0 Å². The quantitative estimate of drug-likeness (QED) is 0.796. The maximum Gasteiger partial charge on any atom is 0.195 e. The van der Waals surface area contributed by atoms with Gasteiger partial charge in [-0.05, 0) is 24.3 Å². The van der Waals surface area contributed by atoms with Crippen molar-refractivity contribution >= 4 is 31.5 Å². The summed E-state index contributed by atoms with van der Waals surface area (Å²) in [7, 11) is -3.14. The number of halogens is 1. The fraction of sp³-hybridized carbons (Fsp3) is 0. The van der Waals surface area contributed by atoms with E-state index in [0.717, 1.165) is 10.2 Å². The van der Waals surface area contributed by atoms with E-state index in [4.69, 9.17) is 0 Å². The Balaban J connectivity index is 2.29. The first-order chi connectivity index (χ1) is 7.07. The number of sulfone groups is 1. The second-order valence-corrected chi connectivity index (χ2v) is 5.68. The van der Waals surface area contributed by atoms with Gasteiger partial charge in [0.25, 0.3) is 0 Å². The third-order valence-electron chi connectivity index (χ3n) is 1.95. The van der Waals surface area contributed by atoms with Crippen LogP contribution < -0.4 is 4.90 Å². The molecule has 0 unspecified atom stereocenters. The van der Waals surface area contributed by atoms with Gasteiger partial charge in [-0.1, -0.05) is 15.9 Å². The minimum atomic E-state index is -3.14. The average Bonchev–Trinajstić information content (AvgIpc) is 2.20. The minimum absolute atomic E-state index is 0.917. The molecule has 0 aromatic heterocycles. The van der Waals surface area contributed by atoms with Crippen LogP contribution >= 0.6 is 15.9 Å².